The van der Waals surface area contributed by atoms with E-state index in [1.165, 1.54) is 24.1 Å². The average molecular weight is 385 g/mol. The molecule has 2 aromatic rings. The highest BCUT2D eigenvalue weighted by Crippen LogP contribution is 2.33. The molecule has 1 aliphatic carbocycles. The number of carbonyl (C=O) groups is 1. The predicted octanol–water partition coefficient (Wildman–Crippen LogP) is 3.77. The van der Waals surface area contributed by atoms with Crippen molar-refractivity contribution >= 4 is 23.3 Å². The molecule has 1 aromatic heterocycles. The Morgan fingerprint density at radius 1 is 1.22 bits per heavy atom. The van der Waals surface area contributed by atoms with Gasteiger partial charge < -0.3 is 10.6 Å². The molecule has 1 atom stereocenters. The van der Waals surface area contributed by atoms with E-state index in [2.05, 4.69) is 4.90 Å². The van der Waals surface area contributed by atoms with Crippen molar-refractivity contribution in [2.24, 2.45) is 11.7 Å². The SMILES string of the molecule is NC(=O)CC1CCCN(c2nc(-c3cccc(Cl)c3)nc3c2CCCC3)C1. The molecule has 27 heavy (non-hydrogen) atoms. The number of nitrogens with two attached hydrogens (primary N) is 1. The molecule has 5 nitrogen and oxygen atoms in total. The molecule has 142 valence electrons. The van der Waals surface area contributed by atoms with Crippen molar-refractivity contribution in [1.29, 1.82) is 0 Å². The molecule has 1 saturated heterocycles. The van der Waals surface area contributed by atoms with E-state index in [1.807, 2.05) is 24.3 Å². The van der Waals surface area contributed by atoms with Gasteiger partial charge in [0.15, 0.2) is 5.82 Å². The zero-order valence-corrected chi connectivity index (χ0v) is 16.2. The van der Waals surface area contributed by atoms with Gasteiger partial charge in [-0.2, -0.15) is 0 Å². The molecule has 2 aliphatic rings. The first-order valence-corrected chi connectivity index (χ1v) is 10.2. The largest absolute Gasteiger partial charge is 0.370 e. The molecule has 1 amide bonds. The van der Waals surface area contributed by atoms with E-state index in [-0.39, 0.29) is 5.91 Å². The number of amides is 1. The molecule has 2 heterocycles. The quantitative estimate of drug-likeness (QED) is 0.870. The molecular formula is C21H25ClN4O. The fraction of sp³-hybridized carbons (Fsp3) is 0.476. The number of carbonyl (C=O) groups excluding carboxylic acids is 1. The minimum Gasteiger partial charge on any atom is -0.370 e. The van der Waals surface area contributed by atoms with Gasteiger partial charge in [-0.1, -0.05) is 23.7 Å². The third kappa shape index (κ3) is 4.08. The second-order valence-electron chi connectivity index (χ2n) is 7.64. The Balaban J connectivity index is 1.72. The lowest BCUT2D eigenvalue weighted by Gasteiger charge is -2.35. The number of rotatable bonds is 4. The monoisotopic (exact) mass is 384 g/mol. The summed E-state index contributed by atoms with van der Waals surface area (Å²) in [7, 11) is 0. The van der Waals surface area contributed by atoms with Crippen LogP contribution in [0.5, 0.6) is 0 Å². The summed E-state index contributed by atoms with van der Waals surface area (Å²) in [4.78, 5) is 23.6. The van der Waals surface area contributed by atoms with E-state index in [1.54, 1.807) is 0 Å². The van der Waals surface area contributed by atoms with Gasteiger partial charge in [0.2, 0.25) is 5.91 Å². The fourth-order valence-electron chi connectivity index (χ4n) is 4.30. The summed E-state index contributed by atoms with van der Waals surface area (Å²) in [5, 5.41) is 0.690. The van der Waals surface area contributed by atoms with Crippen LogP contribution in [0.15, 0.2) is 24.3 Å². The van der Waals surface area contributed by atoms with Crippen LogP contribution in [0, 0.1) is 5.92 Å². The maximum atomic E-state index is 11.4. The Morgan fingerprint density at radius 2 is 2.07 bits per heavy atom. The van der Waals surface area contributed by atoms with Gasteiger partial charge in [0.1, 0.15) is 5.82 Å². The maximum absolute atomic E-state index is 11.4. The maximum Gasteiger partial charge on any atom is 0.217 e. The smallest absolute Gasteiger partial charge is 0.217 e. The van der Waals surface area contributed by atoms with E-state index in [4.69, 9.17) is 27.3 Å². The number of piperidine rings is 1. The number of hydrogen-bond donors (Lipinski definition) is 1. The van der Waals surface area contributed by atoms with Crippen LogP contribution in [0.25, 0.3) is 11.4 Å². The summed E-state index contributed by atoms with van der Waals surface area (Å²) in [5.74, 6) is 1.88. The van der Waals surface area contributed by atoms with E-state index >= 15 is 0 Å². The van der Waals surface area contributed by atoms with E-state index in [0.717, 1.165) is 56.0 Å². The minimum atomic E-state index is -0.216. The van der Waals surface area contributed by atoms with Gasteiger partial charge in [-0.3, -0.25) is 4.79 Å². The summed E-state index contributed by atoms with van der Waals surface area (Å²) in [6.07, 6.45) is 6.93. The molecule has 1 unspecified atom stereocenters. The Morgan fingerprint density at radius 3 is 2.89 bits per heavy atom. The van der Waals surface area contributed by atoms with Crippen molar-refractivity contribution in [1.82, 2.24) is 9.97 Å². The Bertz CT molecular complexity index is 854. The van der Waals surface area contributed by atoms with Gasteiger partial charge in [0, 0.05) is 41.4 Å². The number of nitrogens with zero attached hydrogens (tertiary/aromatic N) is 3. The van der Waals surface area contributed by atoms with Crippen molar-refractivity contribution in [2.75, 3.05) is 18.0 Å². The number of aromatic nitrogens is 2. The van der Waals surface area contributed by atoms with E-state index in [9.17, 15) is 4.79 Å². The summed E-state index contributed by atoms with van der Waals surface area (Å²) in [6, 6.07) is 7.72. The molecule has 1 aliphatic heterocycles. The number of hydrogen-bond acceptors (Lipinski definition) is 4. The first-order valence-electron chi connectivity index (χ1n) is 9.79. The number of primary amides is 1. The van der Waals surface area contributed by atoms with E-state index in [0.29, 0.717) is 17.4 Å². The first kappa shape index (κ1) is 18.2. The average Bonchev–Trinajstić information content (AvgIpc) is 2.67. The molecule has 2 N–H and O–H groups in total. The zero-order valence-electron chi connectivity index (χ0n) is 15.5. The number of anilines is 1. The lowest BCUT2D eigenvalue weighted by molar-refractivity contribution is -0.118. The van der Waals surface area contributed by atoms with Crippen molar-refractivity contribution < 1.29 is 4.79 Å². The Labute approximate surface area is 164 Å². The second kappa shape index (κ2) is 7.85. The van der Waals surface area contributed by atoms with Gasteiger partial charge in [-0.15, -0.1) is 0 Å². The van der Waals surface area contributed by atoms with Crippen LogP contribution in [0.2, 0.25) is 5.02 Å². The zero-order chi connectivity index (χ0) is 18.8. The molecule has 4 rings (SSSR count). The van der Waals surface area contributed by atoms with Crippen LogP contribution in [0.3, 0.4) is 0 Å². The standard InChI is InChI=1S/C21H25ClN4O/c22-16-7-3-6-15(12-16)20-24-18-9-2-1-8-17(18)21(25-20)26-10-4-5-14(13-26)11-19(23)27/h3,6-7,12,14H,1-2,4-5,8-11,13H2,(H2,23,27). The Hall–Kier alpha value is -2.14. The molecule has 0 spiro atoms. The summed E-state index contributed by atoms with van der Waals surface area (Å²) in [5.41, 5.74) is 8.83. The number of benzene rings is 1. The van der Waals surface area contributed by atoms with Crippen LogP contribution in [-0.4, -0.2) is 29.0 Å². The van der Waals surface area contributed by atoms with E-state index < -0.39 is 0 Å². The number of aryl methyl sites for hydroxylation is 1. The van der Waals surface area contributed by atoms with Gasteiger partial charge in [-0.25, -0.2) is 9.97 Å². The fourth-order valence-corrected chi connectivity index (χ4v) is 4.49. The second-order valence-corrected chi connectivity index (χ2v) is 8.07. The molecule has 0 bridgehead atoms. The van der Waals surface area contributed by atoms with Crippen LogP contribution in [0.4, 0.5) is 5.82 Å². The van der Waals surface area contributed by atoms with Gasteiger partial charge in [-0.05, 0) is 56.6 Å². The Kier molecular flexibility index (Phi) is 5.30. The highest BCUT2D eigenvalue weighted by molar-refractivity contribution is 6.30. The van der Waals surface area contributed by atoms with Crippen LogP contribution in [-0.2, 0) is 17.6 Å². The van der Waals surface area contributed by atoms with Gasteiger partial charge in [0.25, 0.3) is 0 Å². The minimum absolute atomic E-state index is 0.216. The van der Waals surface area contributed by atoms with Crippen LogP contribution < -0.4 is 10.6 Å². The first-order chi connectivity index (χ1) is 13.1. The van der Waals surface area contributed by atoms with Crippen molar-refractivity contribution in [3.05, 3.63) is 40.5 Å². The van der Waals surface area contributed by atoms with Crippen molar-refractivity contribution in [3.8, 4) is 11.4 Å². The lowest BCUT2D eigenvalue weighted by Crippen LogP contribution is -2.38. The molecule has 1 fully saturated rings. The summed E-state index contributed by atoms with van der Waals surface area (Å²) >= 11 is 6.18. The van der Waals surface area contributed by atoms with Crippen molar-refractivity contribution in [3.63, 3.8) is 0 Å². The summed E-state index contributed by atoms with van der Waals surface area (Å²) in [6.45, 7) is 1.80. The third-order valence-electron chi connectivity index (χ3n) is 5.55. The predicted molar refractivity (Wildman–Crippen MR) is 108 cm³/mol. The van der Waals surface area contributed by atoms with Gasteiger partial charge in [0.05, 0.1) is 0 Å². The highest BCUT2D eigenvalue weighted by atomic mass is 35.5. The van der Waals surface area contributed by atoms with Crippen LogP contribution in [0.1, 0.15) is 43.4 Å². The molecule has 6 heteroatoms. The third-order valence-corrected chi connectivity index (χ3v) is 5.79. The van der Waals surface area contributed by atoms with Gasteiger partial charge >= 0.3 is 0 Å². The molecule has 0 saturated carbocycles. The van der Waals surface area contributed by atoms with Crippen molar-refractivity contribution in [2.45, 2.75) is 44.9 Å². The highest BCUT2D eigenvalue weighted by Gasteiger charge is 2.27. The summed E-state index contributed by atoms with van der Waals surface area (Å²) < 4.78 is 0. The normalized spacial score (nSPS) is 19.6. The lowest BCUT2D eigenvalue weighted by atomic mass is 9.92. The molecular weight excluding hydrogens is 360 g/mol. The number of fused-ring (bicyclic) bond motifs is 1. The molecule has 1 aromatic carbocycles. The number of halogens is 1. The molecule has 0 radical (unpaired) electrons. The van der Waals surface area contributed by atoms with Crippen LogP contribution >= 0.6 is 11.6 Å². The topological polar surface area (TPSA) is 72.1 Å².